The van der Waals surface area contributed by atoms with Crippen LogP contribution in [-0.2, 0) is 0 Å². The standard InChI is InChI=1S/C12H13NO2S/c1-12(2,3)10(15)9-8(14)7-5-4-6-13-11(7)16-9/h4-6,14H,1-3H3. The molecule has 0 fully saturated rings. The highest BCUT2D eigenvalue weighted by atomic mass is 32.1. The zero-order valence-electron chi connectivity index (χ0n) is 9.44. The van der Waals surface area contributed by atoms with E-state index in [1.807, 2.05) is 20.8 Å². The number of nitrogens with zero attached hydrogens (tertiary/aromatic N) is 1. The maximum atomic E-state index is 12.1. The molecule has 0 aliphatic rings. The Morgan fingerprint density at radius 3 is 2.69 bits per heavy atom. The van der Waals surface area contributed by atoms with E-state index in [1.54, 1.807) is 18.3 Å². The minimum Gasteiger partial charge on any atom is -0.506 e. The first-order valence-corrected chi connectivity index (χ1v) is 5.84. The summed E-state index contributed by atoms with van der Waals surface area (Å²) in [4.78, 5) is 17.3. The molecule has 0 bridgehead atoms. The summed E-state index contributed by atoms with van der Waals surface area (Å²) in [6.07, 6.45) is 1.66. The van der Waals surface area contributed by atoms with Gasteiger partial charge in [-0.1, -0.05) is 20.8 Å². The van der Waals surface area contributed by atoms with Gasteiger partial charge >= 0.3 is 0 Å². The highest BCUT2D eigenvalue weighted by Gasteiger charge is 2.28. The van der Waals surface area contributed by atoms with Crippen LogP contribution in [0.5, 0.6) is 5.75 Å². The molecule has 3 nitrogen and oxygen atoms in total. The SMILES string of the molecule is CC(C)(C)C(=O)c1sc2ncccc2c1O. The third-order valence-electron chi connectivity index (χ3n) is 2.33. The van der Waals surface area contributed by atoms with E-state index in [0.717, 1.165) is 0 Å². The van der Waals surface area contributed by atoms with Crippen LogP contribution in [0.25, 0.3) is 10.2 Å². The van der Waals surface area contributed by atoms with Crippen LogP contribution in [0, 0.1) is 5.41 Å². The predicted octanol–water partition coefficient (Wildman–Crippen LogP) is 3.23. The molecule has 2 rings (SSSR count). The smallest absolute Gasteiger partial charge is 0.181 e. The zero-order valence-corrected chi connectivity index (χ0v) is 10.3. The maximum Gasteiger partial charge on any atom is 0.181 e. The summed E-state index contributed by atoms with van der Waals surface area (Å²) in [5.74, 6) is 0.0148. The molecule has 0 aliphatic heterocycles. The summed E-state index contributed by atoms with van der Waals surface area (Å²) in [5.41, 5.74) is -0.488. The molecule has 1 N–H and O–H groups in total. The van der Waals surface area contributed by atoms with Gasteiger partial charge in [0.1, 0.15) is 15.5 Å². The summed E-state index contributed by atoms with van der Waals surface area (Å²) >= 11 is 1.25. The van der Waals surface area contributed by atoms with Gasteiger partial charge in [0.05, 0.1) is 5.39 Å². The molecular weight excluding hydrogens is 222 g/mol. The molecule has 16 heavy (non-hydrogen) atoms. The molecule has 0 unspecified atom stereocenters. The molecule has 2 aromatic heterocycles. The average molecular weight is 235 g/mol. The molecule has 0 atom stereocenters. The molecule has 84 valence electrons. The van der Waals surface area contributed by atoms with Crippen LogP contribution in [0.4, 0.5) is 0 Å². The van der Waals surface area contributed by atoms with Crippen LogP contribution >= 0.6 is 11.3 Å². The minimum atomic E-state index is -0.488. The van der Waals surface area contributed by atoms with E-state index in [4.69, 9.17) is 0 Å². The fraction of sp³-hybridized carbons (Fsp3) is 0.333. The zero-order chi connectivity index (χ0) is 11.9. The van der Waals surface area contributed by atoms with E-state index in [9.17, 15) is 9.90 Å². The Kier molecular flexibility index (Phi) is 2.46. The summed E-state index contributed by atoms with van der Waals surface area (Å²) < 4.78 is 0. The van der Waals surface area contributed by atoms with Gasteiger partial charge in [-0.15, -0.1) is 11.3 Å². The largest absolute Gasteiger partial charge is 0.506 e. The van der Waals surface area contributed by atoms with Gasteiger partial charge < -0.3 is 5.11 Å². The van der Waals surface area contributed by atoms with Crippen molar-refractivity contribution < 1.29 is 9.90 Å². The fourth-order valence-corrected chi connectivity index (χ4v) is 2.60. The Balaban J connectivity index is 2.63. The van der Waals surface area contributed by atoms with E-state index in [2.05, 4.69) is 4.98 Å². The van der Waals surface area contributed by atoms with Crippen LogP contribution in [0.3, 0.4) is 0 Å². The van der Waals surface area contributed by atoms with Crippen molar-refractivity contribution in [3.8, 4) is 5.75 Å². The normalized spacial score (nSPS) is 11.9. The molecular formula is C12H13NO2S. The molecule has 4 heteroatoms. The third-order valence-corrected chi connectivity index (χ3v) is 3.43. The lowest BCUT2D eigenvalue weighted by Crippen LogP contribution is -2.19. The van der Waals surface area contributed by atoms with Gasteiger partial charge in [-0.2, -0.15) is 0 Å². The van der Waals surface area contributed by atoms with Gasteiger partial charge in [0.15, 0.2) is 5.78 Å². The van der Waals surface area contributed by atoms with Gasteiger partial charge in [-0.05, 0) is 12.1 Å². The first-order valence-electron chi connectivity index (χ1n) is 5.02. The number of rotatable bonds is 1. The van der Waals surface area contributed by atoms with Crippen molar-refractivity contribution in [1.82, 2.24) is 4.98 Å². The second kappa shape index (κ2) is 3.56. The quantitative estimate of drug-likeness (QED) is 0.772. The highest BCUT2D eigenvalue weighted by Crippen LogP contribution is 2.38. The number of hydrogen-bond acceptors (Lipinski definition) is 4. The lowest BCUT2D eigenvalue weighted by Gasteiger charge is -2.14. The summed E-state index contributed by atoms with van der Waals surface area (Å²) in [5, 5.41) is 10.6. The first-order chi connectivity index (χ1) is 7.41. The average Bonchev–Trinajstić information content (AvgIpc) is 2.54. The third kappa shape index (κ3) is 1.69. The van der Waals surface area contributed by atoms with Gasteiger partial charge in [-0.3, -0.25) is 4.79 Å². The lowest BCUT2D eigenvalue weighted by molar-refractivity contribution is 0.0860. The van der Waals surface area contributed by atoms with Crippen molar-refractivity contribution in [2.24, 2.45) is 5.41 Å². The number of ketones is 1. The summed E-state index contributed by atoms with van der Waals surface area (Å²) in [7, 11) is 0. The number of thiophene rings is 1. The van der Waals surface area contributed by atoms with Crippen molar-refractivity contribution >= 4 is 27.3 Å². The predicted molar refractivity (Wildman–Crippen MR) is 65.1 cm³/mol. The van der Waals surface area contributed by atoms with Crippen LogP contribution in [0.15, 0.2) is 18.3 Å². The van der Waals surface area contributed by atoms with Crippen LogP contribution < -0.4 is 0 Å². The number of aromatic hydroxyl groups is 1. The second-order valence-corrected chi connectivity index (χ2v) is 5.71. The molecule has 0 aliphatic carbocycles. The number of aromatic nitrogens is 1. The Morgan fingerprint density at radius 1 is 1.44 bits per heavy atom. The van der Waals surface area contributed by atoms with Crippen molar-refractivity contribution in [2.45, 2.75) is 20.8 Å². The highest BCUT2D eigenvalue weighted by molar-refractivity contribution is 7.21. The number of fused-ring (bicyclic) bond motifs is 1. The number of pyridine rings is 1. The summed E-state index contributed by atoms with van der Waals surface area (Å²) in [6, 6.07) is 3.52. The monoisotopic (exact) mass is 235 g/mol. The van der Waals surface area contributed by atoms with Crippen molar-refractivity contribution in [3.63, 3.8) is 0 Å². The molecule has 0 aromatic carbocycles. The molecule has 0 radical (unpaired) electrons. The second-order valence-electron chi connectivity index (χ2n) is 4.72. The Morgan fingerprint density at radius 2 is 2.12 bits per heavy atom. The van der Waals surface area contributed by atoms with Gasteiger partial charge in [0, 0.05) is 11.6 Å². The van der Waals surface area contributed by atoms with Gasteiger partial charge in [0.25, 0.3) is 0 Å². The number of carbonyl (C=O) groups is 1. The maximum absolute atomic E-state index is 12.1. The van der Waals surface area contributed by atoms with E-state index < -0.39 is 5.41 Å². The molecule has 0 spiro atoms. The molecule has 0 amide bonds. The van der Waals surface area contributed by atoms with E-state index >= 15 is 0 Å². The van der Waals surface area contributed by atoms with E-state index in [-0.39, 0.29) is 11.5 Å². The number of hydrogen-bond donors (Lipinski definition) is 1. The molecule has 0 saturated carbocycles. The molecule has 0 saturated heterocycles. The Hall–Kier alpha value is -1.42. The van der Waals surface area contributed by atoms with E-state index in [0.29, 0.717) is 15.1 Å². The minimum absolute atomic E-state index is 0.0481. The van der Waals surface area contributed by atoms with Crippen LogP contribution in [-0.4, -0.2) is 15.9 Å². The summed E-state index contributed by atoms with van der Waals surface area (Å²) in [6.45, 7) is 5.52. The van der Waals surface area contributed by atoms with Crippen LogP contribution in [0.2, 0.25) is 0 Å². The molecule has 2 aromatic rings. The van der Waals surface area contributed by atoms with Gasteiger partial charge in [-0.25, -0.2) is 4.98 Å². The van der Waals surface area contributed by atoms with Gasteiger partial charge in [0.2, 0.25) is 0 Å². The van der Waals surface area contributed by atoms with Crippen molar-refractivity contribution in [3.05, 3.63) is 23.2 Å². The fourth-order valence-electron chi connectivity index (χ4n) is 1.41. The van der Waals surface area contributed by atoms with Crippen LogP contribution in [0.1, 0.15) is 30.4 Å². The Labute approximate surface area is 97.8 Å². The van der Waals surface area contributed by atoms with Crippen molar-refractivity contribution in [2.75, 3.05) is 0 Å². The van der Waals surface area contributed by atoms with E-state index in [1.165, 1.54) is 11.3 Å². The number of carbonyl (C=O) groups excluding carboxylic acids is 1. The number of Topliss-reactive ketones (excluding diaryl/α,β-unsaturated/α-hetero) is 1. The molecule has 2 heterocycles. The Bertz CT molecular complexity index is 552. The topological polar surface area (TPSA) is 50.2 Å². The van der Waals surface area contributed by atoms with Crippen molar-refractivity contribution in [1.29, 1.82) is 0 Å². The lowest BCUT2D eigenvalue weighted by atomic mass is 9.89. The first kappa shape index (κ1) is 11.1.